The maximum Gasteiger partial charge on any atom is 0.201 e. The predicted molar refractivity (Wildman–Crippen MR) is 158 cm³/mol. The molecule has 37 heavy (non-hydrogen) atoms. The molecule has 3 aromatic carbocycles. The van der Waals surface area contributed by atoms with E-state index in [-0.39, 0.29) is 11.8 Å². The summed E-state index contributed by atoms with van der Waals surface area (Å²) >= 11 is 0. The van der Waals surface area contributed by atoms with Crippen molar-refractivity contribution in [2.45, 2.75) is 40.2 Å². The van der Waals surface area contributed by atoms with Crippen LogP contribution in [0.4, 0.5) is 17.1 Å². The highest BCUT2D eigenvalue weighted by Crippen LogP contribution is 2.36. The minimum Gasteiger partial charge on any atom is -0.372 e. The second-order valence-electron chi connectivity index (χ2n) is 9.17. The van der Waals surface area contributed by atoms with Crippen molar-refractivity contribution in [3.8, 4) is 0 Å². The van der Waals surface area contributed by atoms with Gasteiger partial charge in [0.25, 0.3) is 0 Å². The van der Waals surface area contributed by atoms with Crippen LogP contribution in [0.5, 0.6) is 0 Å². The molecule has 0 amide bonds. The highest BCUT2D eigenvalue weighted by molar-refractivity contribution is 6.45. The van der Waals surface area contributed by atoms with Crippen LogP contribution in [0.2, 0.25) is 0 Å². The van der Waals surface area contributed by atoms with E-state index < -0.39 is 0 Å². The highest BCUT2D eigenvalue weighted by atomic mass is 16.1. The molecule has 0 saturated carbocycles. The number of para-hydroxylation sites is 1. The minimum absolute atomic E-state index is 0.0196. The van der Waals surface area contributed by atoms with E-state index in [4.69, 9.17) is 5.10 Å². The second-order valence-corrected chi connectivity index (χ2v) is 9.17. The SMILES string of the molecule is CCN(CC)c1ccc(C=CC(=O)C2=NN(c3ccccc3)C(c3ccc(N(CC)CC)cc3)C2)cc1. The number of ketones is 1. The lowest BCUT2D eigenvalue weighted by atomic mass is 9.99. The molecule has 3 aromatic rings. The van der Waals surface area contributed by atoms with Crippen molar-refractivity contribution in [1.29, 1.82) is 0 Å². The number of allylic oxidation sites excluding steroid dienone is 1. The maximum absolute atomic E-state index is 13.2. The highest BCUT2D eigenvalue weighted by Gasteiger charge is 2.31. The van der Waals surface area contributed by atoms with Crippen molar-refractivity contribution in [1.82, 2.24) is 0 Å². The fourth-order valence-electron chi connectivity index (χ4n) is 4.89. The molecule has 5 nitrogen and oxygen atoms in total. The fourth-order valence-corrected chi connectivity index (χ4v) is 4.89. The first-order valence-corrected chi connectivity index (χ1v) is 13.4. The molecule has 0 aromatic heterocycles. The number of hydrogen-bond donors (Lipinski definition) is 0. The quantitative estimate of drug-likeness (QED) is 0.270. The van der Waals surface area contributed by atoms with Gasteiger partial charge in [-0.25, -0.2) is 0 Å². The molecule has 0 bridgehead atoms. The van der Waals surface area contributed by atoms with Gasteiger partial charge in [0.1, 0.15) is 5.71 Å². The first-order valence-electron chi connectivity index (χ1n) is 13.4. The molecule has 1 unspecified atom stereocenters. The van der Waals surface area contributed by atoms with Crippen LogP contribution in [0, 0.1) is 0 Å². The normalized spacial score (nSPS) is 15.2. The number of carbonyl (C=O) groups excluding carboxylic acids is 1. The summed E-state index contributed by atoms with van der Waals surface area (Å²) in [5, 5.41) is 6.80. The summed E-state index contributed by atoms with van der Waals surface area (Å²) in [4.78, 5) is 17.8. The molecular formula is C32H38N4O. The third-order valence-electron chi connectivity index (χ3n) is 7.07. The van der Waals surface area contributed by atoms with E-state index in [9.17, 15) is 4.79 Å². The Morgan fingerprint density at radius 3 is 1.89 bits per heavy atom. The molecule has 1 atom stereocenters. The summed E-state index contributed by atoms with van der Waals surface area (Å²) in [5.41, 5.74) is 6.14. The van der Waals surface area contributed by atoms with Crippen molar-refractivity contribution >= 4 is 34.6 Å². The molecule has 1 aliphatic rings. The maximum atomic E-state index is 13.2. The Kier molecular flexibility index (Phi) is 8.78. The smallest absolute Gasteiger partial charge is 0.201 e. The van der Waals surface area contributed by atoms with Gasteiger partial charge in [-0.15, -0.1) is 0 Å². The average Bonchev–Trinajstić information content (AvgIpc) is 3.40. The number of hydrazone groups is 1. The summed E-state index contributed by atoms with van der Waals surface area (Å²) in [6, 6.07) is 27.1. The number of rotatable bonds is 11. The third kappa shape index (κ3) is 6.11. The minimum atomic E-state index is -0.0454. The summed E-state index contributed by atoms with van der Waals surface area (Å²) in [6.45, 7) is 12.5. The Labute approximate surface area is 221 Å². The fraction of sp³-hybridized carbons (Fsp3) is 0.312. The van der Waals surface area contributed by atoms with Crippen molar-refractivity contribution in [2.75, 3.05) is 41.0 Å². The van der Waals surface area contributed by atoms with Crippen LogP contribution in [-0.2, 0) is 4.79 Å². The van der Waals surface area contributed by atoms with Crippen LogP contribution in [-0.4, -0.2) is 37.7 Å². The molecule has 5 heteroatoms. The Morgan fingerprint density at radius 1 is 0.811 bits per heavy atom. The lowest BCUT2D eigenvalue weighted by Crippen LogP contribution is -2.22. The van der Waals surface area contributed by atoms with Gasteiger partial charge in [0.15, 0.2) is 0 Å². The van der Waals surface area contributed by atoms with Crippen LogP contribution in [0.3, 0.4) is 0 Å². The Hall–Kier alpha value is -3.86. The molecule has 1 aliphatic heterocycles. The summed E-state index contributed by atoms with van der Waals surface area (Å²) < 4.78 is 0. The van der Waals surface area contributed by atoms with Gasteiger partial charge in [0, 0.05) is 44.0 Å². The molecule has 0 radical (unpaired) electrons. The van der Waals surface area contributed by atoms with E-state index in [0.29, 0.717) is 12.1 Å². The molecule has 192 valence electrons. The summed E-state index contributed by atoms with van der Waals surface area (Å²) in [7, 11) is 0. The van der Waals surface area contributed by atoms with Gasteiger partial charge in [-0.3, -0.25) is 9.80 Å². The zero-order valence-corrected chi connectivity index (χ0v) is 22.5. The Bertz CT molecular complexity index is 1210. The van der Waals surface area contributed by atoms with E-state index in [2.05, 4.69) is 86.0 Å². The molecule has 0 spiro atoms. The molecule has 0 saturated heterocycles. The monoisotopic (exact) mass is 494 g/mol. The van der Waals surface area contributed by atoms with Gasteiger partial charge in [-0.05, 0) is 81.3 Å². The molecule has 1 heterocycles. The van der Waals surface area contributed by atoms with Crippen molar-refractivity contribution in [2.24, 2.45) is 5.10 Å². The third-order valence-corrected chi connectivity index (χ3v) is 7.07. The Balaban J connectivity index is 1.54. The largest absolute Gasteiger partial charge is 0.372 e. The zero-order chi connectivity index (χ0) is 26.2. The number of nitrogens with zero attached hydrogens (tertiary/aromatic N) is 4. The van der Waals surface area contributed by atoms with Crippen molar-refractivity contribution in [3.05, 3.63) is 96.1 Å². The topological polar surface area (TPSA) is 39.2 Å². The number of carbonyl (C=O) groups is 1. The zero-order valence-electron chi connectivity index (χ0n) is 22.5. The van der Waals surface area contributed by atoms with Gasteiger partial charge >= 0.3 is 0 Å². The lowest BCUT2D eigenvalue weighted by molar-refractivity contribution is -0.108. The first-order chi connectivity index (χ1) is 18.1. The van der Waals surface area contributed by atoms with Crippen molar-refractivity contribution < 1.29 is 4.79 Å². The second kappa shape index (κ2) is 12.4. The number of hydrogen-bond acceptors (Lipinski definition) is 5. The summed E-state index contributed by atoms with van der Waals surface area (Å²) in [6.07, 6.45) is 4.11. The van der Waals surface area contributed by atoms with E-state index >= 15 is 0 Å². The van der Waals surface area contributed by atoms with Crippen LogP contribution in [0.25, 0.3) is 6.08 Å². The molecule has 0 N–H and O–H groups in total. The van der Waals surface area contributed by atoms with Gasteiger partial charge in [0.2, 0.25) is 5.78 Å². The molecule has 0 fully saturated rings. The van der Waals surface area contributed by atoms with Crippen molar-refractivity contribution in [3.63, 3.8) is 0 Å². The Morgan fingerprint density at radius 2 is 1.35 bits per heavy atom. The average molecular weight is 495 g/mol. The number of benzene rings is 3. The van der Waals surface area contributed by atoms with Gasteiger partial charge in [-0.2, -0.15) is 5.10 Å². The first kappa shape index (κ1) is 26.2. The standard InChI is InChI=1S/C32H38N4O/c1-5-34(6-2)27-19-14-25(15-20-27)16-23-32(37)30-24-31(36(33-30)29-12-10-9-11-13-29)26-17-21-28(22-18-26)35(7-3)8-4/h9-23,31H,5-8,24H2,1-4H3. The number of anilines is 3. The molecular weight excluding hydrogens is 456 g/mol. The van der Waals surface area contributed by atoms with Gasteiger partial charge < -0.3 is 9.80 Å². The van der Waals surface area contributed by atoms with Crippen LogP contribution < -0.4 is 14.8 Å². The van der Waals surface area contributed by atoms with E-state index in [1.54, 1.807) is 6.08 Å². The van der Waals surface area contributed by atoms with Crippen LogP contribution in [0.1, 0.15) is 51.3 Å². The molecule has 0 aliphatic carbocycles. The van der Waals surface area contributed by atoms with E-state index in [0.717, 1.165) is 43.0 Å². The van der Waals surface area contributed by atoms with E-state index in [1.165, 1.54) is 11.4 Å². The molecule has 4 rings (SSSR count). The van der Waals surface area contributed by atoms with Gasteiger partial charge in [0.05, 0.1) is 11.7 Å². The van der Waals surface area contributed by atoms with Crippen LogP contribution in [0.15, 0.2) is 90.0 Å². The van der Waals surface area contributed by atoms with Crippen LogP contribution >= 0.6 is 0 Å². The van der Waals surface area contributed by atoms with E-state index in [1.807, 2.05) is 41.4 Å². The summed E-state index contributed by atoms with van der Waals surface area (Å²) in [5.74, 6) is -0.0454. The van der Waals surface area contributed by atoms with Gasteiger partial charge in [-0.1, -0.05) is 48.5 Å². The predicted octanol–water partition coefficient (Wildman–Crippen LogP) is 6.97. The lowest BCUT2D eigenvalue weighted by Gasteiger charge is -2.25.